The summed E-state index contributed by atoms with van der Waals surface area (Å²) < 4.78 is 25.2. The normalized spacial score (nSPS) is 20.7. The predicted octanol–water partition coefficient (Wildman–Crippen LogP) is 4.93. The number of halogens is 2. The SMILES string of the molecule is COc1ccc(-c2cc(C(=O)N[C@]3(C(=O)O)CC[C@@H](C)CC3)cc(F)c2OC)cc1Cl. The molecular weight excluding hydrogens is 425 g/mol. The third-order valence-corrected chi connectivity index (χ3v) is 6.16. The van der Waals surface area contributed by atoms with Crippen LogP contribution in [0, 0.1) is 11.7 Å². The number of methoxy groups -OCH3 is 2. The molecule has 0 aliphatic heterocycles. The van der Waals surface area contributed by atoms with E-state index in [1.165, 1.54) is 20.3 Å². The standard InChI is InChI=1S/C23H25ClFNO5/c1-13-6-8-23(9-7-13,22(28)29)26-21(27)15-10-16(20(31-3)18(25)12-15)14-4-5-19(30-2)17(24)11-14/h4-5,10-13H,6-9H2,1-3H3,(H,26,27)(H,28,29)/t13-,23-. The van der Waals surface area contributed by atoms with Gasteiger partial charge in [0.05, 0.1) is 19.2 Å². The predicted molar refractivity (Wildman–Crippen MR) is 115 cm³/mol. The second-order valence-corrected chi connectivity index (χ2v) is 8.32. The number of nitrogens with one attached hydrogen (secondary N) is 1. The van der Waals surface area contributed by atoms with Crippen LogP contribution in [0.1, 0.15) is 43.0 Å². The molecular formula is C23H25ClFNO5. The molecule has 8 heteroatoms. The number of carboxylic acids is 1. The lowest BCUT2D eigenvalue weighted by molar-refractivity contribution is -0.146. The fourth-order valence-electron chi connectivity index (χ4n) is 3.92. The molecule has 0 saturated heterocycles. The molecule has 1 aliphatic rings. The van der Waals surface area contributed by atoms with Gasteiger partial charge in [-0.05, 0) is 61.4 Å². The highest BCUT2D eigenvalue weighted by atomic mass is 35.5. The Hall–Kier alpha value is -2.80. The van der Waals surface area contributed by atoms with Crippen LogP contribution in [-0.4, -0.2) is 36.7 Å². The summed E-state index contributed by atoms with van der Waals surface area (Å²) >= 11 is 6.21. The van der Waals surface area contributed by atoms with Crippen LogP contribution in [0.5, 0.6) is 11.5 Å². The summed E-state index contributed by atoms with van der Waals surface area (Å²) in [6.45, 7) is 2.05. The van der Waals surface area contributed by atoms with Crippen molar-refractivity contribution in [3.8, 4) is 22.6 Å². The van der Waals surface area contributed by atoms with Gasteiger partial charge in [0.15, 0.2) is 11.6 Å². The third kappa shape index (κ3) is 4.61. The summed E-state index contributed by atoms with van der Waals surface area (Å²) in [5.74, 6) is -1.66. The zero-order valence-corrected chi connectivity index (χ0v) is 18.4. The molecule has 1 amide bonds. The van der Waals surface area contributed by atoms with Crippen LogP contribution in [0.4, 0.5) is 4.39 Å². The molecule has 0 heterocycles. The molecule has 2 aromatic carbocycles. The summed E-state index contributed by atoms with van der Waals surface area (Å²) in [6.07, 6.45) is 2.04. The lowest BCUT2D eigenvalue weighted by Crippen LogP contribution is -2.56. The number of hydrogen-bond donors (Lipinski definition) is 2. The van der Waals surface area contributed by atoms with Crippen molar-refractivity contribution in [1.29, 1.82) is 0 Å². The van der Waals surface area contributed by atoms with Crippen molar-refractivity contribution in [3.05, 3.63) is 46.7 Å². The molecule has 1 fully saturated rings. The summed E-state index contributed by atoms with van der Waals surface area (Å²) in [6, 6.07) is 7.40. The van der Waals surface area contributed by atoms with Gasteiger partial charge in [0.1, 0.15) is 11.3 Å². The first-order chi connectivity index (χ1) is 14.7. The fraction of sp³-hybridized carbons (Fsp3) is 0.391. The van der Waals surface area contributed by atoms with E-state index in [0.29, 0.717) is 53.5 Å². The third-order valence-electron chi connectivity index (χ3n) is 5.86. The van der Waals surface area contributed by atoms with Crippen molar-refractivity contribution in [2.24, 2.45) is 5.92 Å². The quantitative estimate of drug-likeness (QED) is 0.653. The molecule has 31 heavy (non-hydrogen) atoms. The van der Waals surface area contributed by atoms with Gasteiger partial charge in [-0.15, -0.1) is 0 Å². The Morgan fingerprint density at radius 2 is 1.84 bits per heavy atom. The minimum atomic E-state index is -1.36. The van der Waals surface area contributed by atoms with E-state index in [2.05, 4.69) is 12.2 Å². The van der Waals surface area contributed by atoms with Gasteiger partial charge < -0.3 is 19.9 Å². The number of rotatable bonds is 6. The van der Waals surface area contributed by atoms with Crippen LogP contribution in [-0.2, 0) is 4.79 Å². The van der Waals surface area contributed by atoms with Crippen LogP contribution in [0.3, 0.4) is 0 Å². The van der Waals surface area contributed by atoms with E-state index >= 15 is 0 Å². The lowest BCUT2D eigenvalue weighted by Gasteiger charge is -2.36. The number of ether oxygens (including phenoxy) is 2. The van der Waals surface area contributed by atoms with Gasteiger partial charge in [0.2, 0.25) is 0 Å². The lowest BCUT2D eigenvalue weighted by atomic mass is 9.77. The molecule has 0 spiro atoms. The van der Waals surface area contributed by atoms with Crippen molar-refractivity contribution >= 4 is 23.5 Å². The first kappa shape index (κ1) is 22.9. The Balaban J connectivity index is 1.99. The average Bonchev–Trinajstić information content (AvgIpc) is 2.74. The van der Waals surface area contributed by atoms with Crippen molar-refractivity contribution in [3.63, 3.8) is 0 Å². The molecule has 0 unspecified atom stereocenters. The number of amides is 1. The topological polar surface area (TPSA) is 84.9 Å². The minimum Gasteiger partial charge on any atom is -0.495 e. The number of benzene rings is 2. The van der Waals surface area contributed by atoms with Gasteiger partial charge >= 0.3 is 5.97 Å². The van der Waals surface area contributed by atoms with E-state index in [0.717, 1.165) is 6.07 Å². The number of aliphatic carboxylic acids is 1. The number of hydrogen-bond acceptors (Lipinski definition) is 4. The van der Waals surface area contributed by atoms with Gasteiger partial charge in [-0.3, -0.25) is 4.79 Å². The first-order valence-electron chi connectivity index (χ1n) is 9.98. The zero-order chi connectivity index (χ0) is 22.8. The van der Waals surface area contributed by atoms with Crippen LogP contribution in [0.25, 0.3) is 11.1 Å². The van der Waals surface area contributed by atoms with E-state index in [1.807, 2.05) is 0 Å². The maximum Gasteiger partial charge on any atom is 0.329 e. The molecule has 2 N–H and O–H groups in total. The number of carboxylic acid groups (broad SMARTS) is 1. The van der Waals surface area contributed by atoms with Gasteiger partial charge in [-0.25, -0.2) is 9.18 Å². The Bertz CT molecular complexity index is 1000. The molecule has 1 saturated carbocycles. The molecule has 166 valence electrons. The summed E-state index contributed by atoms with van der Waals surface area (Å²) in [4.78, 5) is 24.9. The van der Waals surface area contributed by atoms with Gasteiger partial charge in [0.25, 0.3) is 5.91 Å². The fourth-order valence-corrected chi connectivity index (χ4v) is 4.17. The monoisotopic (exact) mass is 449 g/mol. The van der Waals surface area contributed by atoms with E-state index in [-0.39, 0.29) is 11.3 Å². The summed E-state index contributed by atoms with van der Waals surface area (Å²) in [7, 11) is 2.81. The largest absolute Gasteiger partial charge is 0.495 e. The van der Waals surface area contributed by atoms with Crippen LogP contribution < -0.4 is 14.8 Å². The molecule has 1 aliphatic carbocycles. The Morgan fingerprint density at radius 1 is 1.16 bits per heavy atom. The highest BCUT2D eigenvalue weighted by molar-refractivity contribution is 6.32. The van der Waals surface area contributed by atoms with Gasteiger partial charge in [0, 0.05) is 11.1 Å². The van der Waals surface area contributed by atoms with Crippen molar-refractivity contribution in [2.75, 3.05) is 14.2 Å². The highest BCUT2D eigenvalue weighted by Crippen LogP contribution is 2.38. The van der Waals surface area contributed by atoms with Gasteiger partial charge in [-0.1, -0.05) is 24.6 Å². The van der Waals surface area contributed by atoms with Crippen LogP contribution in [0.15, 0.2) is 30.3 Å². The maximum atomic E-state index is 14.8. The van der Waals surface area contributed by atoms with E-state index in [1.54, 1.807) is 18.2 Å². The molecule has 0 atom stereocenters. The molecule has 0 radical (unpaired) electrons. The molecule has 3 rings (SSSR count). The van der Waals surface area contributed by atoms with Crippen molar-refractivity contribution in [2.45, 2.75) is 38.1 Å². The molecule has 0 bridgehead atoms. The Labute approximate surface area is 185 Å². The van der Waals surface area contributed by atoms with Crippen molar-refractivity contribution < 1.29 is 28.6 Å². The van der Waals surface area contributed by atoms with Crippen molar-refractivity contribution in [1.82, 2.24) is 5.32 Å². The Morgan fingerprint density at radius 3 is 2.39 bits per heavy atom. The van der Waals surface area contributed by atoms with Gasteiger partial charge in [-0.2, -0.15) is 0 Å². The second-order valence-electron chi connectivity index (χ2n) is 7.91. The number of carbonyl (C=O) groups is 2. The first-order valence-corrected chi connectivity index (χ1v) is 10.4. The second kappa shape index (κ2) is 9.14. The van der Waals surface area contributed by atoms with E-state index in [4.69, 9.17) is 21.1 Å². The number of carbonyl (C=O) groups excluding carboxylic acids is 1. The average molecular weight is 450 g/mol. The Kier molecular flexibility index (Phi) is 6.74. The smallest absolute Gasteiger partial charge is 0.329 e. The molecule has 0 aromatic heterocycles. The summed E-state index contributed by atoms with van der Waals surface area (Å²) in [5.41, 5.74) is -0.516. The van der Waals surface area contributed by atoms with Crippen LogP contribution >= 0.6 is 11.6 Å². The van der Waals surface area contributed by atoms with E-state index in [9.17, 15) is 19.1 Å². The molecule has 2 aromatic rings. The minimum absolute atomic E-state index is 0.000475. The summed E-state index contributed by atoms with van der Waals surface area (Å²) in [5, 5.41) is 12.8. The molecule has 6 nitrogen and oxygen atoms in total. The van der Waals surface area contributed by atoms with Crippen LogP contribution in [0.2, 0.25) is 5.02 Å². The zero-order valence-electron chi connectivity index (χ0n) is 17.6. The highest BCUT2D eigenvalue weighted by Gasteiger charge is 2.42. The van der Waals surface area contributed by atoms with E-state index < -0.39 is 23.2 Å². The maximum absolute atomic E-state index is 14.8.